The van der Waals surface area contributed by atoms with Crippen molar-refractivity contribution in [2.45, 2.75) is 123 Å². The summed E-state index contributed by atoms with van der Waals surface area (Å²) in [6.07, 6.45) is 15.2. The fourth-order valence-corrected chi connectivity index (χ4v) is 8.32. The number of aryl methyl sites for hydroxylation is 1. The summed E-state index contributed by atoms with van der Waals surface area (Å²) >= 11 is 0. The van der Waals surface area contributed by atoms with Crippen molar-refractivity contribution in [1.82, 2.24) is 0 Å². The summed E-state index contributed by atoms with van der Waals surface area (Å²) in [7, 11) is 0. The number of aliphatic hydroxyl groups is 1. The van der Waals surface area contributed by atoms with Gasteiger partial charge in [0.25, 0.3) is 0 Å². The number of aliphatic hydroxyl groups excluding tert-OH is 1. The molecule has 2 aromatic carbocycles. The topological polar surface area (TPSA) is 99.1 Å². The molecule has 2 aromatic rings. The molecule has 0 aromatic heterocycles. The first-order valence-corrected chi connectivity index (χ1v) is 20.2. The quantitative estimate of drug-likeness (QED) is 0.0362. The maximum absolute atomic E-state index is 12.1. The molecule has 0 aliphatic heterocycles. The molecule has 7 heteroatoms. The predicted molar refractivity (Wildman–Crippen MR) is 212 cm³/mol. The second kappa shape index (κ2) is 21.2. The molecule has 2 saturated carbocycles. The Hall–Kier alpha value is -3.71. The third-order valence-corrected chi connectivity index (χ3v) is 11.8. The van der Waals surface area contributed by atoms with Crippen molar-refractivity contribution in [2.24, 2.45) is 23.7 Å². The molecule has 4 rings (SSSR count). The van der Waals surface area contributed by atoms with E-state index in [1.807, 2.05) is 0 Å². The van der Waals surface area contributed by atoms with Crippen LogP contribution in [0.2, 0.25) is 0 Å². The standard InChI is InChI=1S/C46H64O7/c1-7-9-24-51-44-23-21-41(25-36(44)8-2)42-22-20-40(26-43(42)31(3)4)39-18-16-38(17-19-39)37-14-12-34(13-15-37)10-11-35(29-52-45(49)32(5)27-47)30-53-46(50)33(6)28-48/h20-23,25-27,31,34-35,37-39,48H,5-19,24,28-30H2,1-4H3. The summed E-state index contributed by atoms with van der Waals surface area (Å²) in [6.45, 7) is 16.3. The van der Waals surface area contributed by atoms with Gasteiger partial charge < -0.3 is 19.3 Å². The van der Waals surface area contributed by atoms with Gasteiger partial charge >= 0.3 is 11.9 Å². The van der Waals surface area contributed by atoms with Crippen molar-refractivity contribution in [3.63, 3.8) is 0 Å². The van der Waals surface area contributed by atoms with Crippen LogP contribution in [0.1, 0.15) is 133 Å². The molecule has 53 heavy (non-hydrogen) atoms. The van der Waals surface area contributed by atoms with Crippen molar-refractivity contribution in [3.8, 4) is 16.9 Å². The van der Waals surface area contributed by atoms with E-state index in [4.69, 9.17) is 14.2 Å². The van der Waals surface area contributed by atoms with Gasteiger partial charge in [0.1, 0.15) is 5.75 Å². The normalized spacial score (nSPS) is 20.7. The van der Waals surface area contributed by atoms with Crippen molar-refractivity contribution < 1.29 is 33.7 Å². The lowest BCUT2D eigenvalue weighted by Crippen LogP contribution is -2.26. The highest BCUT2D eigenvalue weighted by atomic mass is 16.5. The minimum atomic E-state index is -0.760. The molecule has 0 bridgehead atoms. The first-order valence-electron chi connectivity index (χ1n) is 20.2. The van der Waals surface area contributed by atoms with Crippen LogP contribution in [-0.2, 0) is 30.3 Å². The molecule has 2 aliphatic carbocycles. The summed E-state index contributed by atoms with van der Waals surface area (Å²) in [5.41, 5.74) is 6.58. The zero-order valence-corrected chi connectivity index (χ0v) is 32.8. The van der Waals surface area contributed by atoms with Gasteiger partial charge in [-0.15, -0.1) is 0 Å². The monoisotopic (exact) mass is 728 g/mol. The second-order valence-electron chi connectivity index (χ2n) is 15.8. The van der Waals surface area contributed by atoms with Crippen LogP contribution < -0.4 is 4.74 Å². The average molecular weight is 729 g/mol. The summed E-state index contributed by atoms with van der Waals surface area (Å²) in [4.78, 5) is 35.0. The van der Waals surface area contributed by atoms with Gasteiger partial charge in [-0.2, -0.15) is 0 Å². The molecule has 1 N–H and O–H groups in total. The molecular formula is C46H64O7. The van der Waals surface area contributed by atoms with E-state index < -0.39 is 18.5 Å². The first kappa shape index (κ1) is 42.0. The van der Waals surface area contributed by atoms with Gasteiger partial charge in [-0.1, -0.05) is 84.4 Å². The summed E-state index contributed by atoms with van der Waals surface area (Å²) in [6, 6.07) is 14.0. The number of aldehydes is 1. The van der Waals surface area contributed by atoms with Crippen LogP contribution in [0.25, 0.3) is 11.1 Å². The Labute approximate surface area is 318 Å². The van der Waals surface area contributed by atoms with E-state index in [0.717, 1.165) is 56.3 Å². The van der Waals surface area contributed by atoms with E-state index in [1.165, 1.54) is 79.2 Å². The molecular weight excluding hydrogens is 664 g/mol. The van der Waals surface area contributed by atoms with Crippen LogP contribution >= 0.6 is 0 Å². The molecule has 2 fully saturated rings. The number of ether oxygens (including phenoxy) is 3. The van der Waals surface area contributed by atoms with E-state index in [9.17, 15) is 19.5 Å². The Morgan fingerprint density at radius 2 is 1.55 bits per heavy atom. The fourth-order valence-electron chi connectivity index (χ4n) is 8.32. The number of esters is 2. The van der Waals surface area contributed by atoms with Gasteiger partial charge in [0.15, 0.2) is 6.29 Å². The minimum absolute atomic E-state index is 0.0169. The van der Waals surface area contributed by atoms with Crippen LogP contribution in [0.3, 0.4) is 0 Å². The fraction of sp³-hybridized carbons (Fsp3) is 0.587. The summed E-state index contributed by atoms with van der Waals surface area (Å²) < 4.78 is 16.7. The SMILES string of the molecule is C=C(C=O)C(=O)OCC(CCC1CCC(C2CCC(c3ccc(-c4ccc(OCCCC)c(CC)c4)c(C(C)C)c3)CC2)CC1)COC(=O)C(=C)CO. The largest absolute Gasteiger partial charge is 0.493 e. The number of carbonyl (C=O) groups is 3. The maximum atomic E-state index is 12.1. The van der Waals surface area contributed by atoms with Crippen LogP contribution in [-0.4, -0.2) is 49.8 Å². The number of carbonyl (C=O) groups excluding carboxylic acids is 3. The van der Waals surface area contributed by atoms with Gasteiger partial charge in [-0.05, 0) is 134 Å². The maximum Gasteiger partial charge on any atom is 0.340 e. The van der Waals surface area contributed by atoms with E-state index in [0.29, 0.717) is 24.0 Å². The molecule has 0 saturated heterocycles. The Morgan fingerprint density at radius 3 is 2.15 bits per heavy atom. The molecule has 1 atom stereocenters. The lowest BCUT2D eigenvalue weighted by molar-refractivity contribution is -0.144. The van der Waals surface area contributed by atoms with Crippen molar-refractivity contribution in [2.75, 3.05) is 26.4 Å². The molecule has 0 amide bonds. The lowest BCUT2D eigenvalue weighted by atomic mass is 9.67. The van der Waals surface area contributed by atoms with Crippen LogP contribution in [0, 0.1) is 23.7 Å². The Morgan fingerprint density at radius 1 is 0.887 bits per heavy atom. The smallest absolute Gasteiger partial charge is 0.340 e. The number of unbranched alkanes of at least 4 members (excludes halogenated alkanes) is 1. The number of hydrogen-bond donors (Lipinski definition) is 1. The third-order valence-electron chi connectivity index (χ3n) is 11.8. The van der Waals surface area contributed by atoms with Crippen molar-refractivity contribution in [1.29, 1.82) is 0 Å². The minimum Gasteiger partial charge on any atom is -0.493 e. The molecule has 2 aliphatic rings. The molecule has 0 spiro atoms. The first-order chi connectivity index (χ1) is 25.6. The van der Waals surface area contributed by atoms with Gasteiger partial charge in [-0.3, -0.25) is 4.79 Å². The molecule has 1 unspecified atom stereocenters. The van der Waals surface area contributed by atoms with Gasteiger partial charge in [0, 0.05) is 5.92 Å². The highest BCUT2D eigenvalue weighted by molar-refractivity contribution is 6.06. The number of benzene rings is 2. The van der Waals surface area contributed by atoms with Crippen molar-refractivity contribution >= 4 is 18.2 Å². The van der Waals surface area contributed by atoms with E-state index in [2.05, 4.69) is 77.3 Å². The number of rotatable bonds is 20. The van der Waals surface area contributed by atoms with Crippen molar-refractivity contribution in [3.05, 3.63) is 77.4 Å². The molecule has 0 heterocycles. The van der Waals surface area contributed by atoms with E-state index in [-0.39, 0.29) is 30.3 Å². The van der Waals surface area contributed by atoms with Crippen LogP contribution in [0.4, 0.5) is 0 Å². The molecule has 290 valence electrons. The average Bonchev–Trinajstić information content (AvgIpc) is 3.19. The van der Waals surface area contributed by atoms with E-state index >= 15 is 0 Å². The Kier molecular flexibility index (Phi) is 16.9. The zero-order chi connectivity index (χ0) is 38.3. The number of hydrogen-bond acceptors (Lipinski definition) is 7. The van der Waals surface area contributed by atoms with Crippen LogP contribution in [0.15, 0.2) is 60.7 Å². The Bertz CT molecular complexity index is 1520. The third kappa shape index (κ3) is 12.1. The highest BCUT2D eigenvalue weighted by Gasteiger charge is 2.32. The summed E-state index contributed by atoms with van der Waals surface area (Å²) in [5.74, 6) is 2.60. The second-order valence-corrected chi connectivity index (χ2v) is 15.8. The highest BCUT2D eigenvalue weighted by Crippen LogP contribution is 2.45. The summed E-state index contributed by atoms with van der Waals surface area (Å²) in [5, 5.41) is 9.19. The Balaban J connectivity index is 1.28. The van der Waals surface area contributed by atoms with E-state index in [1.54, 1.807) is 0 Å². The lowest BCUT2D eigenvalue weighted by Gasteiger charge is -2.38. The van der Waals surface area contributed by atoms with Gasteiger partial charge in [-0.25, -0.2) is 9.59 Å². The predicted octanol–water partition coefficient (Wildman–Crippen LogP) is 10.1. The van der Waals surface area contributed by atoms with Crippen LogP contribution in [0.5, 0.6) is 5.75 Å². The van der Waals surface area contributed by atoms with Gasteiger partial charge in [0.2, 0.25) is 0 Å². The molecule has 7 nitrogen and oxygen atoms in total. The molecule has 0 radical (unpaired) electrons. The van der Waals surface area contributed by atoms with Gasteiger partial charge in [0.05, 0.1) is 37.6 Å². The zero-order valence-electron chi connectivity index (χ0n) is 32.8.